The Labute approximate surface area is 289 Å². The quantitative estimate of drug-likeness (QED) is 0.174. The highest BCUT2D eigenvalue weighted by atomic mass is 15.1. The molecule has 1 heteroatoms. The van der Waals surface area contributed by atoms with Gasteiger partial charge in [0.15, 0.2) is 0 Å². The molecule has 1 nitrogen and oxygen atoms in total. The Morgan fingerprint density at radius 3 is 1.72 bits per heavy atom. The van der Waals surface area contributed by atoms with Gasteiger partial charge in [-0.2, -0.15) is 0 Å². The maximum Gasteiger partial charge on any atom is 0.0645 e. The molecule has 0 bridgehead atoms. The molecule has 222 valence electrons. The molecular weight excluding hydrogens is 567 g/mol. The Kier molecular flexibility index (Phi) is 5.40. The van der Waals surface area contributed by atoms with E-state index in [2.05, 4.69) is 30.3 Å². The number of benzene rings is 8. The molecule has 0 aliphatic heterocycles. The van der Waals surface area contributed by atoms with Gasteiger partial charge in [-0.25, -0.2) is 0 Å². The van der Waals surface area contributed by atoms with E-state index in [0.29, 0.717) is 11.4 Å². The predicted octanol–water partition coefficient (Wildman–Crippen LogP) is 13.0. The summed E-state index contributed by atoms with van der Waals surface area (Å²) in [7, 11) is 0. The summed E-state index contributed by atoms with van der Waals surface area (Å²) in [5.41, 5.74) is 6.31. The van der Waals surface area contributed by atoms with Crippen LogP contribution in [0.2, 0.25) is 0 Å². The van der Waals surface area contributed by atoms with Crippen LogP contribution in [0.4, 0.5) is 17.1 Å². The lowest BCUT2D eigenvalue weighted by Crippen LogP contribution is -2.10. The van der Waals surface area contributed by atoms with E-state index in [1.54, 1.807) is 4.90 Å². The summed E-state index contributed by atoms with van der Waals surface area (Å²) in [6.07, 6.45) is 0. The molecule has 0 saturated heterocycles. The second-order valence-electron chi connectivity index (χ2n) is 11.1. The molecule has 0 fully saturated rings. The molecule has 0 spiro atoms. The van der Waals surface area contributed by atoms with Crippen molar-refractivity contribution in [2.75, 3.05) is 4.90 Å². The van der Waals surface area contributed by atoms with E-state index in [-0.39, 0.29) is 16.8 Å². The molecule has 0 aliphatic rings. The molecule has 8 aromatic rings. The summed E-state index contributed by atoms with van der Waals surface area (Å²) in [6, 6.07) is 42.9. The van der Waals surface area contributed by atoms with Crippen LogP contribution in [-0.4, -0.2) is 0 Å². The van der Waals surface area contributed by atoms with Crippen molar-refractivity contribution in [3.63, 3.8) is 0 Å². The molecule has 47 heavy (non-hydrogen) atoms. The van der Waals surface area contributed by atoms with Crippen LogP contribution in [0.1, 0.15) is 12.3 Å². The van der Waals surface area contributed by atoms with Crippen molar-refractivity contribution < 1.29 is 12.3 Å². The summed E-state index contributed by atoms with van der Waals surface area (Å²) >= 11 is 0. The van der Waals surface area contributed by atoms with Crippen molar-refractivity contribution in [3.8, 4) is 44.5 Å². The van der Waals surface area contributed by atoms with Crippen LogP contribution in [0.15, 0.2) is 200 Å². The summed E-state index contributed by atoms with van der Waals surface area (Å²) in [5.74, 6) is 0. The van der Waals surface area contributed by atoms with E-state index in [4.69, 9.17) is 9.60 Å². The molecule has 0 unspecified atom stereocenters. The van der Waals surface area contributed by atoms with Gasteiger partial charge >= 0.3 is 0 Å². The van der Waals surface area contributed by atoms with Gasteiger partial charge in [0.25, 0.3) is 0 Å². The average Bonchev–Trinajstić information content (AvgIpc) is 3.24. The molecule has 0 aromatic heterocycles. The van der Waals surface area contributed by atoms with Crippen LogP contribution in [0, 0.1) is 0 Å². The van der Waals surface area contributed by atoms with Gasteiger partial charge in [-0.1, -0.05) is 158 Å². The second kappa shape index (κ2) is 12.7. The molecular formula is C46H33N. The van der Waals surface area contributed by atoms with Crippen LogP contribution in [-0.2, 0) is 0 Å². The lowest BCUT2D eigenvalue weighted by Gasteiger charge is -2.26. The van der Waals surface area contributed by atoms with Gasteiger partial charge in [-0.15, -0.1) is 0 Å². The van der Waals surface area contributed by atoms with Crippen molar-refractivity contribution in [1.29, 1.82) is 0 Å². The highest BCUT2D eigenvalue weighted by Gasteiger charge is 2.15. The first-order valence-corrected chi connectivity index (χ1v) is 15.4. The monoisotopic (exact) mass is 608 g/mol. The highest BCUT2D eigenvalue weighted by molar-refractivity contribution is 5.97. The van der Waals surface area contributed by atoms with Crippen LogP contribution < -0.4 is 4.90 Å². The minimum absolute atomic E-state index is 0.0509. The first kappa shape index (κ1) is 20.0. The van der Waals surface area contributed by atoms with Crippen LogP contribution in [0.3, 0.4) is 0 Å². The van der Waals surface area contributed by atoms with Gasteiger partial charge in [0.05, 0.1) is 12.3 Å². The Balaban J connectivity index is 1.32. The molecule has 0 saturated carbocycles. The largest absolute Gasteiger partial charge is 0.310 e. The van der Waals surface area contributed by atoms with Gasteiger partial charge in [0, 0.05) is 17.1 Å². The topological polar surface area (TPSA) is 3.24 Å². The molecule has 0 amide bonds. The number of hydrogen-bond acceptors (Lipinski definition) is 1. The summed E-state index contributed by atoms with van der Waals surface area (Å²) in [6.45, 7) is 0. The fourth-order valence-electron chi connectivity index (χ4n) is 5.93. The van der Waals surface area contributed by atoms with Gasteiger partial charge in [-0.3, -0.25) is 0 Å². The zero-order chi connectivity index (χ0) is 39.2. The zero-order valence-electron chi connectivity index (χ0n) is 34.3. The van der Waals surface area contributed by atoms with Gasteiger partial charge in [0.1, 0.15) is 0 Å². The van der Waals surface area contributed by atoms with E-state index < -0.39 is 54.4 Å². The van der Waals surface area contributed by atoms with Crippen LogP contribution in [0.5, 0.6) is 0 Å². The van der Waals surface area contributed by atoms with Crippen molar-refractivity contribution in [3.05, 3.63) is 200 Å². The Bertz CT molecular complexity index is 2740. The van der Waals surface area contributed by atoms with Gasteiger partial charge in [0.2, 0.25) is 0 Å². The third-order valence-corrected chi connectivity index (χ3v) is 8.22. The van der Waals surface area contributed by atoms with E-state index in [1.807, 2.05) is 115 Å². The third-order valence-electron chi connectivity index (χ3n) is 8.22. The first-order chi connectivity index (χ1) is 27.0. The molecule has 0 aliphatic carbocycles. The summed E-state index contributed by atoms with van der Waals surface area (Å²) < 4.78 is 78.7. The Morgan fingerprint density at radius 2 is 0.936 bits per heavy atom. The van der Waals surface area contributed by atoms with Crippen molar-refractivity contribution >= 4 is 27.8 Å². The lowest BCUT2D eigenvalue weighted by molar-refractivity contribution is 1.28. The smallest absolute Gasteiger partial charge is 0.0645 e. The number of nitrogens with zero attached hydrogens (tertiary/aromatic N) is 1. The molecule has 8 aromatic carbocycles. The van der Waals surface area contributed by atoms with E-state index in [1.165, 1.54) is 0 Å². The van der Waals surface area contributed by atoms with E-state index >= 15 is 0 Å². The molecule has 0 N–H and O–H groups in total. The second-order valence-corrected chi connectivity index (χ2v) is 11.1. The number of fused-ring (bicyclic) bond motifs is 1. The molecule has 0 heterocycles. The fraction of sp³-hybridized carbons (Fsp3) is 0. The molecule has 8 rings (SSSR count). The van der Waals surface area contributed by atoms with E-state index in [0.717, 1.165) is 44.2 Å². The summed E-state index contributed by atoms with van der Waals surface area (Å²) in [5, 5.41) is 2.12. The molecule has 0 atom stereocenters. The zero-order valence-corrected chi connectivity index (χ0v) is 25.3. The van der Waals surface area contributed by atoms with Crippen molar-refractivity contribution in [2.45, 2.75) is 0 Å². The van der Waals surface area contributed by atoms with Crippen LogP contribution >= 0.6 is 0 Å². The normalized spacial score (nSPS) is 13.7. The number of rotatable bonds is 7. The highest BCUT2D eigenvalue weighted by Crippen LogP contribution is 2.39. The summed E-state index contributed by atoms with van der Waals surface area (Å²) in [4.78, 5) is 1.69. The van der Waals surface area contributed by atoms with Gasteiger partial charge < -0.3 is 4.90 Å². The van der Waals surface area contributed by atoms with E-state index in [9.17, 15) is 2.74 Å². The van der Waals surface area contributed by atoms with Crippen LogP contribution in [0.25, 0.3) is 55.3 Å². The minimum atomic E-state index is -0.622. The average molecular weight is 609 g/mol. The third kappa shape index (κ3) is 5.83. The van der Waals surface area contributed by atoms with Crippen molar-refractivity contribution in [1.82, 2.24) is 0 Å². The fourth-order valence-corrected chi connectivity index (χ4v) is 5.93. The standard InChI is InChI=1S/C46H33N/c1-3-12-34(13-4-1)36-24-28-42(29-25-36)47(44-21-10-20-41(33-44)46-23-11-17-38-16-7-8-22-45(38)46)43-30-26-37(27-31-43)40-19-9-18-39(32-40)35-14-5-2-6-15-35/h1-33H/i1D,3D,4D,12D,13D,24D,25D,28D,29D. The Hall–Kier alpha value is -6.18. The first-order valence-electron chi connectivity index (χ1n) is 19.9. The maximum atomic E-state index is 9.36. The Morgan fingerprint density at radius 1 is 0.340 bits per heavy atom. The minimum Gasteiger partial charge on any atom is -0.310 e. The molecule has 0 radical (unpaired) electrons. The number of hydrogen-bond donors (Lipinski definition) is 0. The maximum absolute atomic E-state index is 9.36. The predicted molar refractivity (Wildman–Crippen MR) is 200 cm³/mol. The van der Waals surface area contributed by atoms with Gasteiger partial charge in [-0.05, 0) is 97.7 Å². The van der Waals surface area contributed by atoms with Crippen molar-refractivity contribution in [2.24, 2.45) is 0 Å². The lowest BCUT2D eigenvalue weighted by atomic mass is 9.97. The SMILES string of the molecule is [2H]c1c([2H])c([2H])c(-c2c([2H])c([2H])c(N(c3ccc(-c4cccc(-c5ccccc5)c4)cc3)c3cccc(-c4cccc5ccccc45)c3)c([2H])c2[2H])c([2H])c1[2H]. The number of anilines is 3.